The van der Waals surface area contributed by atoms with E-state index < -0.39 is 11.1 Å². The lowest BCUT2D eigenvalue weighted by molar-refractivity contribution is -0.121. The van der Waals surface area contributed by atoms with Crippen molar-refractivity contribution in [1.29, 1.82) is 0 Å². The van der Waals surface area contributed by atoms with Gasteiger partial charge in [0.15, 0.2) is 0 Å². The number of ether oxygens (including phenoxy) is 1. The molecule has 0 aromatic rings. The van der Waals surface area contributed by atoms with E-state index in [1.165, 1.54) is 0 Å². The molecule has 0 unspecified atom stereocenters. The Kier molecular flexibility index (Phi) is 5.92. The Morgan fingerprint density at radius 1 is 1.31 bits per heavy atom. The standard InChI is InChI=1S/C11H24N2O3/c1-10(2,11(3,4)15)13-8-9(14)12-6-7-16-5/h13,15H,6-8H2,1-5H3,(H,12,14). The Hall–Kier alpha value is -0.650. The number of carbonyl (C=O) groups is 1. The van der Waals surface area contributed by atoms with E-state index in [0.29, 0.717) is 13.2 Å². The van der Waals surface area contributed by atoms with E-state index in [1.807, 2.05) is 13.8 Å². The van der Waals surface area contributed by atoms with E-state index in [-0.39, 0.29) is 12.5 Å². The molecule has 0 aromatic heterocycles. The lowest BCUT2D eigenvalue weighted by Gasteiger charge is -2.38. The predicted molar refractivity (Wildman–Crippen MR) is 63.3 cm³/mol. The summed E-state index contributed by atoms with van der Waals surface area (Å²) in [7, 11) is 1.59. The number of rotatable bonds is 7. The highest BCUT2D eigenvalue weighted by atomic mass is 16.5. The summed E-state index contributed by atoms with van der Waals surface area (Å²) in [6.45, 7) is 8.32. The zero-order chi connectivity index (χ0) is 12.8. The zero-order valence-corrected chi connectivity index (χ0v) is 10.9. The molecule has 5 nitrogen and oxygen atoms in total. The van der Waals surface area contributed by atoms with E-state index in [9.17, 15) is 9.90 Å². The van der Waals surface area contributed by atoms with Crippen molar-refractivity contribution in [3.05, 3.63) is 0 Å². The minimum Gasteiger partial charge on any atom is -0.389 e. The molecule has 0 aromatic carbocycles. The third-order valence-corrected chi connectivity index (χ3v) is 2.85. The third-order valence-electron chi connectivity index (χ3n) is 2.85. The molecule has 0 saturated carbocycles. The lowest BCUT2D eigenvalue weighted by Crippen LogP contribution is -2.57. The molecule has 0 saturated heterocycles. The van der Waals surface area contributed by atoms with E-state index in [4.69, 9.17) is 4.74 Å². The van der Waals surface area contributed by atoms with Crippen LogP contribution in [0, 0.1) is 0 Å². The Bertz CT molecular complexity index is 222. The molecule has 0 spiro atoms. The van der Waals surface area contributed by atoms with Crippen LogP contribution in [0.2, 0.25) is 0 Å². The first-order valence-electron chi connectivity index (χ1n) is 5.44. The number of amides is 1. The minimum absolute atomic E-state index is 0.102. The van der Waals surface area contributed by atoms with Gasteiger partial charge in [0.1, 0.15) is 0 Å². The van der Waals surface area contributed by atoms with Crippen molar-refractivity contribution in [1.82, 2.24) is 10.6 Å². The van der Waals surface area contributed by atoms with Gasteiger partial charge in [-0.25, -0.2) is 0 Å². The molecule has 0 aliphatic rings. The molecule has 0 aliphatic carbocycles. The summed E-state index contributed by atoms with van der Waals surface area (Å²) in [5.41, 5.74) is -1.41. The maximum Gasteiger partial charge on any atom is 0.234 e. The van der Waals surface area contributed by atoms with Gasteiger partial charge in [0, 0.05) is 19.2 Å². The van der Waals surface area contributed by atoms with Crippen molar-refractivity contribution in [2.45, 2.75) is 38.8 Å². The van der Waals surface area contributed by atoms with Gasteiger partial charge in [0.2, 0.25) is 5.91 Å². The fourth-order valence-corrected chi connectivity index (χ4v) is 0.873. The molecule has 0 atom stereocenters. The van der Waals surface area contributed by atoms with Crippen LogP contribution in [0.4, 0.5) is 0 Å². The Morgan fingerprint density at radius 2 is 1.88 bits per heavy atom. The molecule has 1 amide bonds. The van der Waals surface area contributed by atoms with Gasteiger partial charge < -0.3 is 20.5 Å². The molecule has 3 N–H and O–H groups in total. The van der Waals surface area contributed by atoms with Gasteiger partial charge in [-0.3, -0.25) is 4.79 Å². The molecule has 0 radical (unpaired) electrons. The SMILES string of the molecule is COCCNC(=O)CNC(C)(C)C(C)(C)O. The van der Waals surface area contributed by atoms with Gasteiger partial charge in [-0.2, -0.15) is 0 Å². The molecule has 5 heteroatoms. The summed E-state index contributed by atoms with van der Waals surface area (Å²) in [5.74, 6) is -0.102. The van der Waals surface area contributed by atoms with Gasteiger partial charge in [-0.1, -0.05) is 0 Å². The van der Waals surface area contributed by atoms with Crippen molar-refractivity contribution >= 4 is 5.91 Å². The fraction of sp³-hybridized carbons (Fsp3) is 0.909. The fourth-order valence-electron chi connectivity index (χ4n) is 0.873. The van der Waals surface area contributed by atoms with Crippen LogP contribution in [0.1, 0.15) is 27.7 Å². The van der Waals surface area contributed by atoms with Gasteiger partial charge in [-0.05, 0) is 27.7 Å². The first-order chi connectivity index (χ1) is 7.20. The molecule has 16 heavy (non-hydrogen) atoms. The van der Waals surface area contributed by atoms with Gasteiger partial charge in [-0.15, -0.1) is 0 Å². The van der Waals surface area contributed by atoms with Crippen LogP contribution in [0.15, 0.2) is 0 Å². The van der Waals surface area contributed by atoms with Gasteiger partial charge >= 0.3 is 0 Å². The number of carbonyl (C=O) groups excluding carboxylic acids is 1. The molecule has 0 rings (SSSR count). The number of nitrogens with one attached hydrogen (secondary N) is 2. The summed E-state index contributed by atoms with van der Waals surface area (Å²) >= 11 is 0. The summed E-state index contributed by atoms with van der Waals surface area (Å²) in [6.07, 6.45) is 0. The highest BCUT2D eigenvalue weighted by molar-refractivity contribution is 5.78. The molecular formula is C11H24N2O3. The Labute approximate surface area is 97.6 Å². The summed E-state index contributed by atoms with van der Waals surface area (Å²) in [5, 5.41) is 15.6. The smallest absolute Gasteiger partial charge is 0.234 e. The number of methoxy groups -OCH3 is 1. The lowest BCUT2D eigenvalue weighted by atomic mass is 9.86. The first kappa shape index (κ1) is 15.3. The van der Waals surface area contributed by atoms with Crippen LogP contribution < -0.4 is 10.6 Å². The maximum atomic E-state index is 11.4. The Balaban J connectivity index is 3.92. The van der Waals surface area contributed by atoms with E-state index in [0.717, 1.165) is 0 Å². The number of aliphatic hydroxyl groups is 1. The monoisotopic (exact) mass is 232 g/mol. The number of hydrogen-bond acceptors (Lipinski definition) is 4. The molecule has 0 fully saturated rings. The van der Waals surface area contributed by atoms with Crippen molar-refractivity contribution in [2.75, 3.05) is 26.8 Å². The van der Waals surface area contributed by atoms with Crippen LogP contribution in [-0.2, 0) is 9.53 Å². The van der Waals surface area contributed by atoms with E-state index >= 15 is 0 Å². The molecule has 0 heterocycles. The van der Waals surface area contributed by atoms with Crippen molar-refractivity contribution in [3.63, 3.8) is 0 Å². The summed E-state index contributed by atoms with van der Waals surface area (Å²) in [4.78, 5) is 11.4. The van der Waals surface area contributed by atoms with Crippen molar-refractivity contribution in [3.8, 4) is 0 Å². The minimum atomic E-state index is -0.889. The van der Waals surface area contributed by atoms with Crippen LogP contribution in [0.5, 0.6) is 0 Å². The second-order valence-corrected chi connectivity index (χ2v) is 4.88. The highest BCUT2D eigenvalue weighted by Crippen LogP contribution is 2.19. The third kappa shape index (κ3) is 5.44. The summed E-state index contributed by atoms with van der Waals surface area (Å²) in [6, 6.07) is 0. The average Bonchev–Trinajstić information content (AvgIpc) is 2.13. The Morgan fingerprint density at radius 3 is 2.31 bits per heavy atom. The van der Waals surface area contributed by atoms with Crippen LogP contribution in [-0.4, -0.2) is 49.0 Å². The van der Waals surface area contributed by atoms with Crippen LogP contribution in [0.25, 0.3) is 0 Å². The van der Waals surface area contributed by atoms with Crippen molar-refractivity contribution < 1.29 is 14.6 Å². The van der Waals surface area contributed by atoms with Crippen LogP contribution >= 0.6 is 0 Å². The predicted octanol–water partition coefficient (Wildman–Crippen LogP) is -0.112. The molecule has 0 bridgehead atoms. The van der Waals surface area contributed by atoms with E-state index in [1.54, 1.807) is 21.0 Å². The maximum absolute atomic E-state index is 11.4. The van der Waals surface area contributed by atoms with Crippen molar-refractivity contribution in [2.24, 2.45) is 0 Å². The normalized spacial score (nSPS) is 12.6. The quantitative estimate of drug-likeness (QED) is 0.536. The van der Waals surface area contributed by atoms with Crippen LogP contribution in [0.3, 0.4) is 0 Å². The topological polar surface area (TPSA) is 70.6 Å². The van der Waals surface area contributed by atoms with Gasteiger partial charge in [0.05, 0.1) is 18.8 Å². The molecule has 0 aliphatic heterocycles. The average molecular weight is 232 g/mol. The molecular weight excluding hydrogens is 208 g/mol. The second kappa shape index (κ2) is 6.18. The largest absolute Gasteiger partial charge is 0.389 e. The molecule has 96 valence electrons. The highest BCUT2D eigenvalue weighted by Gasteiger charge is 2.34. The summed E-state index contributed by atoms with van der Waals surface area (Å²) < 4.78 is 4.82. The second-order valence-electron chi connectivity index (χ2n) is 4.88. The zero-order valence-electron chi connectivity index (χ0n) is 10.9. The van der Waals surface area contributed by atoms with E-state index in [2.05, 4.69) is 10.6 Å². The van der Waals surface area contributed by atoms with Gasteiger partial charge in [0.25, 0.3) is 0 Å². The number of hydrogen-bond donors (Lipinski definition) is 3. The first-order valence-corrected chi connectivity index (χ1v) is 5.44.